The number of benzene rings is 2. The van der Waals surface area contributed by atoms with Gasteiger partial charge in [-0.25, -0.2) is 14.4 Å². The average molecular weight is 642 g/mol. The summed E-state index contributed by atoms with van der Waals surface area (Å²) in [6, 6.07) is 10.9. The highest BCUT2D eigenvalue weighted by atomic mass is 16.6. The minimum atomic E-state index is -1.35. The van der Waals surface area contributed by atoms with Gasteiger partial charge in [0.15, 0.2) is 6.61 Å². The standard InChI is InChI=1S/C32H43N5O9/c1-32(2,3)46-31(44)36-25(18-21-7-5-4-6-8-21)29(41)35-24(28(40)34-13-16-37-14-11-33-12-15-37)19-22-9-10-26(45-20-27(38)39)23(17-22)30(42)43/h4-10,17,24-25,33H,11-16,18-20H2,1-3H3,(H,34,40)(H,35,41)(H,36,44)(H,38,39)(H,42,43)/t24-,25-/m0/s1. The number of nitrogens with zero attached hydrogens (tertiary/aromatic N) is 1. The van der Waals surface area contributed by atoms with Gasteiger partial charge < -0.3 is 41.0 Å². The lowest BCUT2D eigenvalue weighted by atomic mass is 10.0. The summed E-state index contributed by atoms with van der Waals surface area (Å²) in [5.74, 6) is -3.91. The first-order valence-electron chi connectivity index (χ1n) is 15.1. The average Bonchev–Trinajstić information content (AvgIpc) is 2.99. The highest BCUT2D eigenvalue weighted by molar-refractivity contribution is 5.93. The third-order valence-electron chi connectivity index (χ3n) is 6.93. The maximum absolute atomic E-state index is 13.7. The lowest BCUT2D eigenvalue weighted by molar-refractivity contribution is -0.139. The fourth-order valence-corrected chi connectivity index (χ4v) is 4.76. The number of carbonyl (C=O) groups is 5. The molecule has 2 aromatic rings. The molecule has 1 saturated heterocycles. The van der Waals surface area contributed by atoms with Crippen molar-refractivity contribution < 1.29 is 43.7 Å². The van der Waals surface area contributed by atoms with Crippen molar-refractivity contribution in [1.29, 1.82) is 0 Å². The second-order valence-corrected chi connectivity index (χ2v) is 11.9. The molecule has 6 N–H and O–H groups in total. The molecular formula is C32H43N5O9. The number of nitrogens with one attached hydrogen (secondary N) is 4. The number of piperazine rings is 1. The van der Waals surface area contributed by atoms with E-state index in [1.165, 1.54) is 18.2 Å². The van der Waals surface area contributed by atoms with Crippen LogP contribution in [-0.4, -0.2) is 109 Å². The van der Waals surface area contributed by atoms with Crippen molar-refractivity contribution in [2.75, 3.05) is 45.9 Å². The highest BCUT2D eigenvalue weighted by Gasteiger charge is 2.29. The van der Waals surface area contributed by atoms with Crippen molar-refractivity contribution in [2.45, 2.75) is 51.3 Å². The predicted molar refractivity (Wildman–Crippen MR) is 168 cm³/mol. The second-order valence-electron chi connectivity index (χ2n) is 11.9. The zero-order chi connectivity index (χ0) is 33.7. The van der Waals surface area contributed by atoms with E-state index in [0.717, 1.165) is 31.7 Å². The fourth-order valence-electron chi connectivity index (χ4n) is 4.76. The number of hydrogen-bond donors (Lipinski definition) is 6. The Morgan fingerprint density at radius 1 is 0.891 bits per heavy atom. The van der Waals surface area contributed by atoms with E-state index in [2.05, 4.69) is 26.2 Å². The molecule has 0 radical (unpaired) electrons. The highest BCUT2D eigenvalue weighted by Crippen LogP contribution is 2.21. The van der Waals surface area contributed by atoms with Gasteiger partial charge >= 0.3 is 18.0 Å². The second kappa shape index (κ2) is 17.1. The molecule has 3 amide bonds. The van der Waals surface area contributed by atoms with Crippen LogP contribution in [-0.2, 0) is 32.0 Å². The molecule has 46 heavy (non-hydrogen) atoms. The summed E-state index contributed by atoms with van der Waals surface area (Å²) in [5.41, 5.74) is 0.0324. The molecule has 0 unspecified atom stereocenters. The molecule has 1 heterocycles. The van der Waals surface area contributed by atoms with Gasteiger partial charge in [-0.15, -0.1) is 0 Å². The number of carbonyl (C=O) groups excluding carboxylic acids is 3. The third kappa shape index (κ3) is 12.4. The SMILES string of the molecule is CC(C)(C)OC(=O)N[C@@H](Cc1ccccc1)C(=O)N[C@@H](Cc1ccc(OCC(=O)O)c(C(=O)O)c1)C(=O)NCCN1CCNCC1. The van der Waals surface area contributed by atoms with Crippen LogP contribution in [0.25, 0.3) is 0 Å². The molecule has 2 atom stereocenters. The summed E-state index contributed by atoms with van der Waals surface area (Å²) in [6.45, 7) is 8.64. The van der Waals surface area contributed by atoms with Crippen molar-refractivity contribution >= 4 is 29.8 Å². The summed E-state index contributed by atoms with van der Waals surface area (Å²) in [6.07, 6.45) is -0.791. The minimum Gasteiger partial charge on any atom is -0.481 e. The Morgan fingerprint density at radius 2 is 1.54 bits per heavy atom. The van der Waals surface area contributed by atoms with Crippen LogP contribution in [0, 0.1) is 0 Å². The predicted octanol–water partition coefficient (Wildman–Crippen LogP) is 1.03. The van der Waals surface area contributed by atoms with Gasteiger partial charge in [-0.3, -0.25) is 14.5 Å². The molecule has 2 aromatic carbocycles. The molecule has 14 heteroatoms. The molecule has 14 nitrogen and oxygen atoms in total. The number of amides is 3. The smallest absolute Gasteiger partial charge is 0.408 e. The molecular weight excluding hydrogens is 598 g/mol. The van der Waals surface area contributed by atoms with Crippen LogP contribution in [0.15, 0.2) is 48.5 Å². The van der Waals surface area contributed by atoms with E-state index in [0.29, 0.717) is 18.7 Å². The Hall–Kier alpha value is -4.69. The van der Waals surface area contributed by atoms with Crippen molar-refractivity contribution in [1.82, 2.24) is 26.2 Å². The fraction of sp³-hybridized carbons (Fsp3) is 0.469. The Bertz CT molecular complexity index is 1360. The molecule has 1 aliphatic heterocycles. The number of aliphatic carboxylic acids is 1. The normalized spacial score (nSPS) is 14.8. The lowest BCUT2D eigenvalue weighted by Crippen LogP contribution is -2.56. The first kappa shape index (κ1) is 35.8. The van der Waals surface area contributed by atoms with Crippen molar-refractivity contribution in [3.05, 3.63) is 65.2 Å². The molecule has 1 aliphatic rings. The summed E-state index contributed by atoms with van der Waals surface area (Å²) >= 11 is 0. The van der Waals surface area contributed by atoms with Gasteiger partial charge in [-0.05, 0) is 44.0 Å². The van der Waals surface area contributed by atoms with Crippen LogP contribution < -0.4 is 26.0 Å². The number of carboxylic acids is 2. The molecule has 0 aliphatic carbocycles. The van der Waals surface area contributed by atoms with E-state index in [4.69, 9.17) is 14.6 Å². The monoisotopic (exact) mass is 641 g/mol. The van der Waals surface area contributed by atoms with E-state index >= 15 is 0 Å². The van der Waals surface area contributed by atoms with Crippen LogP contribution >= 0.6 is 0 Å². The molecule has 0 aromatic heterocycles. The van der Waals surface area contributed by atoms with Crippen LogP contribution in [0.1, 0.15) is 42.3 Å². The van der Waals surface area contributed by atoms with Crippen LogP contribution in [0.2, 0.25) is 0 Å². The van der Waals surface area contributed by atoms with E-state index in [1.54, 1.807) is 45.0 Å². The Labute approximate surface area is 267 Å². The number of alkyl carbamates (subject to hydrolysis) is 1. The summed E-state index contributed by atoms with van der Waals surface area (Å²) in [5, 5.41) is 30.1. The van der Waals surface area contributed by atoms with Gasteiger partial charge in [0.1, 0.15) is 29.0 Å². The van der Waals surface area contributed by atoms with Crippen molar-refractivity contribution in [3.8, 4) is 5.75 Å². The molecule has 0 spiro atoms. The van der Waals surface area contributed by atoms with E-state index in [9.17, 15) is 29.1 Å². The zero-order valence-corrected chi connectivity index (χ0v) is 26.3. The summed E-state index contributed by atoms with van der Waals surface area (Å²) < 4.78 is 10.5. The Balaban J connectivity index is 1.84. The minimum absolute atomic E-state index is 0.102. The summed E-state index contributed by atoms with van der Waals surface area (Å²) in [4.78, 5) is 65.0. The third-order valence-corrected chi connectivity index (χ3v) is 6.93. The summed E-state index contributed by atoms with van der Waals surface area (Å²) in [7, 11) is 0. The number of hydrogen-bond acceptors (Lipinski definition) is 9. The number of rotatable bonds is 15. The van der Waals surface area contributed by atoms with E-state index < -0.39 is 54.1 Å². The number of ether oxygens (including phenoxy) is 2. The van der Waals surface area contributed by atoms with E-state index in [-0.39, 0.29) is 24.2 Å². The van der Waals surface area contributed by atoms with Crippen LogP contribution in [0.5, 0.6) is 5.75 Å². The molecule has 0 bridgehead atoms. The van der Waals surface area contributed by atoms with Crippen LogP contribution in [0.4, 0.5) is 4.79 Å². The van der Waals surface area contributed by atoms with Gasteiger partial charge in [0.25, 0.3) is 0 Å². The first-order chi connectivity index (χ1) is 21.8. The topological polar surface area (TPSA) is 196 Å². The van der Waals surface area contributed by atoms with Crippen molar-refractivity contribution in [3.63, 3.8) is 0 Å². The van der Waals surface area contributed by atoms with Gasteiger partial charge in [-0.2, -0.15) is 0 Å². The van der Waals surface area contributed by atoms with Crippen molar-refractivity contribution in [2.24, 2.45) is 0 Å². The van der Waals surface area contributed by atoms with Gasteiger partial charge in [0, 0.05) is 52.1 Å². The Morgan fingerprint density at radius 3 is 2.17 bits per heavy atom. The maximum Gasteiger partial charge on any atom is 0.408 e. The Kier molecular flexibility index (Phi) is 13.3. The molecule has 3 rings (SSSR count). The van der Waals surface area contributed by atoms with Gasteiger partial charge in [0.2, 0.25) is 11.8 Å². The van der Waals surface area contributed by atoms with Gasteiger partial charge in [-0.1, -0.05) is 36.4 Å². The van der Waals surface area contributed by atoms with E-state index in [1.807, 2.05) is 6.07 Å². The molecule has 1 fully saturated rings. The first-order valence-corrected chi connectivity index (χ1v) is 15.1. The molecule has 250 valence electrons. The number of carboxylic acid groups (broad SMARTS) is 2. The maximum atomic E-state index is 13.7. The van der Waals surface area contributed by atoms with Crippen LogP contribution in [0.3, 0.4) is 0 Å². The lowest BCUT2D eigenvalue weighted by Gasteiger charge is -2.28. The number of aromatic carboxylic acids is 1. The largest absolute Gasteiger partial charge is 0.481 e. The van der Waals surface area contributed by atoms with Gasteiger partial charge in [0.05, 0.1) is 0 Å². The zero-order valence-electron chi connectivity index (χ0n) is 26.3. The molecule has 0 saturated carbocycles. The quantitative estimate of drug-likeness (QED) is 0.163.